The van der Waals surface area contributed by atoms with Crippen LogP contribution in [0.1, 0.15) is 27.3 Å². The topological polar surface area (TPSA) is 53.4 Å². The molecule has 0 saturated carbocycles. The zero-order chi connectivity index (χ0) is 21.4. The van der Waals surface area contributed by atoms with Crippen LogP contribution in [0.5, 0.6) is 11.5 Å². The highest BCUT2D eigenvalue weighted by atomic mass is 32.2. The Morgan fingerprint density at radius 2 is 1.87 bits per heavy atom. The molecule has 0 unspecified atom stereocenters. The highest BCUT2D eigenvalue weighted by Crippen LogP contribution is 2.33. The number of rotatable bonds is 6. The number of carbonyl (C=O) groups is 1. The Labute approximate surface area is 185 Å². The van der Waals surface area contributed by atoms with Crippen LogP contribution in [0.25, 0.3) is 10.9 Å². The zero-order valence-electron chi connectivity index (χ0n) is 17.4. The van der Waals surface area contributed by atoms with Gasteiger partial charge in [-0.2, -0.15) is 0 Å². The number of fused-ring (bicyclic) bond motifs is 2. The Morgan fingerprint density at radius 1 is 1.03 bits per heavy atom. The maximum atomic E-state index is 13.0. The molecular weight excluding hydrogens is 408 g/mol. The van der Waals surface area contributed by atoms with E-state index in [1.54, 1.807) is 0 Å². The van der Waals surface area contributed by atoms with Crippen LogP contribution in [0.4, 0.5) is 0 Å². The van der Waals surface area contributed by atoms with Gasteiger partial charge in [-0.15, -0.1) is 0 Å². The number of aryl methyl sites for hydroxylation is 1. The number of para-hydroxylation sites is 1. The van der Waals surface area contributed by atoms with Crippen molar-refractivity contribution in [1.29, 1.82) is 0 Å². The maximum absolute atomic E-state index is 13.0. The second-order valence-corrected chi connectivity index (χ2v) is 8.61. The predicted octanol–water partition coefficient (Wildman–Crippen LogP) is 5.41. The molecule has 156 valence electrons. The molecule has 1 aliphatic rings. The van der Waals surface area contributed by atoms with E-state index in [1.165, 1.54) is 11.8 Å². The third-order valence-corrected chi connectivity index (χ3v) is 6.51. The number of benzene rings is 2. The van der Waals surface area contributed by atoms with Gasteiger partial charge in [0.15, 0.2) is 17.3 Å². The van der Waals surface area contributed by atoms with Crippen LogP contribution in [0.2, 0.25) is 0 Å². The molecule has 2 aromatic carbocycles. The molecular formula is C25H22N2O3S. The number of ether oxygens (including phenoxy) is 2. The van der Waals surface area contributed by atoms with Crippen LogP contribution in [0, 0.1) is 13.8 Å². The van der Waals surface area contributed by atoms with Gasteiger partial charge in [0.1, 0.15) is 0 Å². The van der Waals surface area contributed by atoms with E-state index in [0.29, 0.717) is 12.3 Å². The van der Waals surface area contributed by atoms with Crippen molar-refractivity contribution < 1.29 is 14.3 Å². The van der Waals surface area contributed by atoms with E-state index in [4.69, 9.17) is 9.47 Å². The summed E-state index contributed by atoms with van der Waals surface area (Å²) >= 11 is 1.48. The number of hydrogen-bond donors (Lipinski definition) is 0. The molecule has 3 heterocycles. The number of nitrogens with zero attached hydrogens (tertiary/aromatic N) is 2. The number of hydrogen-bond acceptors (Lipinski definition) is 5. The van der Waals surface area contributed by atoms with Gasteiger partial charge in [0.05, 0.1) is 16.3 Å². The molecule has 0 fully saturated rings. The normalized spacial score (nSPS) is 12.5. The summed E-state index contributed by atoms with van der Waals surface area (Å²) in [6.45, 7) is 4.99. The van der Waals surface area contributed by atoms with Crippen LogP contribution >= 0.6 is 11.8 Å². The highest BCUT2D eigenvalue weighted by Gasteiger charge is 2.18. The second kappa shape index (κ2) is 8.12. The molecule has 0 bridgehead atoms. The molecule has 0 amide bonds. The number of ketones is 1. The number of pyridine rings is 1. The van der Waals surface area contributed by atoms with E-state index in [9.17, 15) is 4.79 Å². The summed E-state index contributed by atoms with van der Waals surface area (Å²) in [5.41, 5.74) is 4.87. The van der Waals surface area contributed by atoms with Crippen molar-refractivity contribution >= 4 is 28.4 Å². The van der Waals surface area contributed by atoms with Crippen molar-refractivity contribution in [3.63, 3.8) is 0 Å². The lowest BCUT2D eigenvalue weighted by atomic mass is 10.1. The molecule has 1 aliphatic heterocycles. The summed E-state index contributed by atoms with van der Waals surface area (Å²) in [7, 11) is 0. The van der Waals surface area contributed by atoms with Crippen molar-refractivity contribution in [2.45, 2.75) is 25.4 Å². The van der Waals surface area contributed by atoms with Crippen LogP contribution in [-0.4, -0.2) is 27.9 Å². The van der Waals surface area contributed by atoms with Crippen molar-refractivity contribution in [3.05, 3.63) is 83.2 Å². The minimum absolute atomic E-state index is 0.116. The average Bonchev–Trinajstić information content (AvgIpc) is 3.37. The first-order chi connectivity index (χ1) is 15.1. The first-order valence-corrected chi connectivity index (χ1v) is 11.1. The van der Waals surface area contributed by atoms with Gasteiger partial charge in [0.25, 0.3) is 0 Å². The van der Waals surface area contributed by atoms with Crippen LogP contribution in [-0.2, 0) is 6.54 Å². The van der Waals surface area contributed by atoms with Gasteiger partial charge in [0, 0.05) is 28.9 Å². The molecule has 0 aliphatic carbocycles. The fraction of sp³-hybridized carbons (Fsp3) is 0.200. The Morgan fingerprint density at radius 3 is 2.77 bits per heavy atom. The van der Waals surface area contributed by atoms with Gasteiger partial charge >= 0.3 is 0 Å². The van der Waals surface area contributed by atoms with E-state index in [2.05, 4.69) is 9.55 Å². The van der Waals surface area contributed by atoms with Gasteiger partial charge in [-0.1, -0.05) is 42.1 Å². The lowest BCUT2D eigenvalue weighted by Gasteiger charge is -2.11. The molecule has 6 heteroatoms. The van der Waals surface area contributed by atoms with E-state index in [-0.39, 0.29) is 12.6 Å². The van der Waals surface area contributed by atoms with Gasteiger partial charge in [-0.05, 0) is 49.7 Å². The fourth-order valence-electron chi connectivity index (χ4n) is 3.89. The fourth-order valence-corrected chi connectivity index (χ4v) is 4.66. The zero-order valence-corrected chi connectivity index (χ0v) is 18.2. The van der Waals surface area contributed by atoms with Gasteiger partial charge < -0.3 is 14.0 Å². The number of carbonyl (C=O) groups excluding carboxylic acids is 1. The first kappa shape index (κ1) is 19.7. The molecule has 4 aromatic rings. The van der Waals surface area contributed by atoms with E-state index in [1.807, 2.05) is 74.5 Å². The molecule has 0 atom stereocenters. The van der Waals surface area contributed by atoms with Crippen molar-refractivity contribution in [2.75, 3.05) is 12.5 Å². The number of thioether (sulfide) groups is 1. The average molecular weight is 431 g/mol. The number of Topliss-reactive ketones (excluding diaryl/α,β-unsaturated/α-hetero) is 1. The molecule has 0 radical (unpaired) electrons. The SMILES string of the molecule is Cc1cc(C(=O)CSc2ccc3ccccc3n2)c(C)n1Cc1ccc2c(c1)OCO2. The van der Waals surface area contributed by atoms with Crippen molar-refractivity contribution in [3.8, 4) is 11.5 Å². The summed E-state index contributed by atoms with van der Waals surface area (Å²) < 4.78 is 13.1. The Bertz CT molecular complexity index is 1300. The standard InChI is InChI=1S/C25H22N2O3S/c1-16-11-20(17(2)27(16)13-18-7-9-23-24(12-18)30-15-29-23)22(28)14-31-25-10-8-19-5-3-4-6-21(19)26-25/h3-12H,13-15H2,1-2H3. The third kappa shape index (κ3) is 3.91. The minimum atomic E-state index is 0.116. The summed E-state index contributed by atoms with van der Waals surface area (Å²) in [6.07, 6.45) is 0. The van der Waals surface area contributed by atoms with Gasteiger partial charge in [-0.3, -0.25) is 4.79 Å². The quantitative estimate of drug-likeness (QED) is 0.303. The summed E-state index contributed by atoms with van der Waals surface area (Å²) in [5.74, 6) is 2.03. The summed E-state index contributed by atoms with van der Waals surface area (Å²) in [4.78, 5) is 17.6. The molecule has 5 nitrogen and oxygen atoms in total. The first-order valence-electron chi connectivity index (χ1n) is 10.2. The molecule has 0 saturated heterocycles. The van der Waals surface area contributed by atoms with Crippen LogP contribution < -0.4 is 9.47 Å². The second-order valence-electron chi connectivity index (χ2n) is 7.61. The lowest BCUT2D eigenvalue weighted by molar-refractivity contribution is 0.102. The molecule has 5 rings (SSSR count). The lowest BCUT2D eigenvalue weighted by Crippen LogP contribution is -2.07. The number of aromatic nitrogens is 2. The summed E-state index contributed by atoms with van der Waals surface area (Å²) in [6, 6.07) is 20.0. The van der Waals surface area contributed by atoms with Crippen LogP contribution in [0.15, 0.2) is 65.7 Å². The van der Waals surface area contributed by atoms with Crippen molar-refractivity contribution in [1.82, 2.24) is 9.55 Å². The Balaban J connectivity index is 1.31. The molecule has 2 aromatic heterocycles. The predicted molar refractivity (Wildman–Crippen MR) is 122 cm³/mol. The van der Waals surface area contributed by atoms with Gasteiger partial charge in [0.2, 0.25) is 6.79 Å². The van der Waals surface area contributed by atoms with E-state index < -0.39 is 0 Å². The Kier molecular flexibility index (Phi) is 5.16. The third-order valence-electron chi connectivity index (χ3n) is 5.58. The van der Waals surface area contributed by atoms with E-state index >= 15 is 0 Å². The van der Waals surface area contributed by atoms with Crippen molar-refractivity contribution in [2.24, 2.45) is 0 Å². The molecule has 31 heavy (non-hydrogen) atoms. The van der Waals surface area contributed by atoms with Crippen LogP contribution in [0.3, 0.4) is 0 Å². The smallest absolute Gasteiger partial charge is 0.231 e. The summed E-state index contributed by atoms with van der Waals surface area (Å²) in [5, 5.41) is 1.96. The van der Waals surface area contributed by atoms with Gasteiger partial charge in [-0.25, -0.2) is 4.98 Å². The largest absolute Gasteiger partial charge is 0.454 e. The Hall–Kier alpha value is -3.25. The molecule has 0 N–H and O–H groups in total. The monoisotopic (exact) mass is 430 g/mol. The van der Waals surface area contributed by atoms with E-state index in [0.717, 1.165) is 49.9 Å². The maximum Gasteiger partial charge on any atom is 0.231 e. The highest BCUT2D eigenvalue weighted by molar-refractivity contribution is 7.99. The minimum Gasteiger partial charge on any atom is -0.454 e. The molecule has 0 spiro atoms.